The lowest BCUT2D eigenvalue weighted by molar-refractivity contribution is 0.0692. The third kappa shape index (κ3) is 2.88. The first kappa shape index (κ1) is 11.7. The zero-order valence-corrected chi connectivity index (χ0v) is 9.57. The van der Waals surface area contributed by atoms with Crippen LogP contribution in [0.3, 0.4) is 0 Å². The van der Waals surface area contributed by atoms with Gasteiger partial charge in [0.05, 0.1) is 12.1 Å². The molecule has 2 heterocycles. The average molecular weight is 254 g/mol. The van der Waals surface area contributed by atoms with Gasteiger partial charge < -0.3 is 15.2 Å². The van der Waals surface area contributed by atoms with E-state index in [1.807, 2.05) is 0 Å². The number of carbonyl (C=O) groups excluding carboxylic acids is 1. The fraction of sp³-hybridized carbons (Fsp3) is 0.300. The van der Waals surface area contributed by atoms with Crippen molar-refractivity contribution >= 4 is 23.8 Å². The number of alkyl carbamates (subject to hydrolysis) is 1. The number of hydrogen-bond acceptors (Lipinski definition) is 5. The van der Waals surface area contributed by atoms with E-state index >= 15 is 0 Å². The van der Waals surface area contributed by atoms with Crippen LogP contribution in [0.4, 0.5) is 4.79 Å². The minimum absolute atomic E-state index is 0.162. The number of carbonyl (C=O) groups is 2. The summed E-state index contributed by atoms with van der Waals surface area (Å²) in [6.07, 6.45) is 0.861. The van der Waals surface area contributed by atoms with Crippen molar-refractivity contribution in [3.63, 3.8) is 0 Å². The van der Waals surface area contributed by atoms with E-state index in [9.17, 15) is 9.59 Å². The Labute approximate surface area is 101 Å². The molecule has 7 heteroatoms. The molecule has 0 radical (unpaired) electrons. The zero-order chi connectivity index (χ0) is 12.3. The van der Waals surface area contributed by atoms with Gasteiger partial charge in [-0.15, -0.1) is 11.8 Å². The lowest BCUT2D eigenvalue weighted by atomic mass is 10.3. The molecule has 0 bridgehead atoms. The molecule has 1 aliphatic heterocycles. The van der Waals surface area contributed by atoms with Gasteiger partial charge in [-0.3, -0.25) is 0 Å². The molecule has 1 amide bonds. The van der Waals surface area contributed by atoms with E-state index in [-0.39, 0.29) is 11.7 Å². The predicted molar refractivity (Wildman–Crippen MR) is 60.2 cm³/mol. The Morgan fingerprint density at radius 3 is 3.18 bits per heavy atom. The highest BCUT2D eigenvalue weighted by Gasteiger charge is 2.23. The Morgan fingerprint density at radius 1 is 1.71 bits per heavy atom. The van der Waals surface area contributed by atoms with Crippen LogP contribution in [0.15, 0.2) is 23.4 Å². The lowest BCUT2D eigenvalue weighted by Crippen LogP contribution is -2.17. The number of pyridine rings is 1. The number of hydrogen-bond donors (Lipinski definition) is 2. The van der Waals surface area contributed by atoms with Crippen LogP contribution >= 0.6 is 11.8 Å². The molecule has 0 aromatic carbocycles. The molecule has 0 saturated carbocycles. The Hall–Kier alpha value is -1.76. The van der Waals surface area contributed by atoms with Gasteiger partial charge >= 0.3 is 12.1 Å². The van der Waals surface area contributed by atoms with Gasteiger partial charge in [-0.1, -0.05) is 0 Å². The molecule has 2 rings (SSSR count). The number of aromatic carboxylic acids is 1. The Kier molecular flexibility index (Phi) is 3.48. The first-order valence-electron chi connectivity index (χ1n) is 4.92. The Balaban J connectivity index is 1.99. The number of aromatic nitrogens is 1. The molecule has 90 valence electrons. The maximum Gasteiger partial charge on any atom is 0.407 e. The smallest absolute Gasteiger partial charge is 0.407 e. The number of carboxylic acids is 1. The molecule has 0 aliphatic carbocycles. The summed E-state index contributed by atoms with van der Waals surface area (Å²) in [6, 6.07) is 3.07. The van der Waals surface area contributed by atoms with Gasteiger partial charge in [0.25, 0.3) is 0 Å². The lowest BCUT2D eigenvalue weighted by Gasteiger charge is -2.07. The number of ether oxygens (including phenoxy) is 1. The number of nitrogens with one attached hydrogen (secondary N) is 1. The molecule has 1 atom stereocenters. The molecule has 0 spiro atoms. The van der Waals surface area contributed by atoms with Crippen LogP contribution in [0, 0.1) is 0 Å². The van der Waals surface area contributed by atoms with Crippen LogP contribution in [0.25, 0.3) is 0 Å². The second kappa shape index (κ2) is 5.05. The number of amides is 1. The monoisotopic (exact) mass is 254 g/mol. The van der Waals surface area contributed by atoms with Gasteiger partial charge in [0.1, 0.15) is 11.1 Å². The van der Waals surface area contributed by atoms with Crippen molar-refractivity contribution < 1.29 is 19.4 Å². The second-order valence-corrected chi connectivity index (χ2v) is 4.39. The highest BCUT2D eigenvalue weighted by Crippen LogP contribution is 2.22. The fourth-order valence-electron chi connectivity index (χ4n) is 1.37. The van der Waals surface area contributed by atoms with E-state index < -0.39 is 12.1 Å². The molecule has 6 nitrogen and oxygen atoms in total. The van der Waals surface area contributed by atoms with Crippen molar-refractivity contribution in [3.8, 4) is 0 Å². The number of carboxylic acid groups (broad SMARTS) is 1. The summed E-state index contributed by atoms with van der Waals surface area (Å²) in [6.45, 7) is 0.446. The maximum atomic E-state index is 10.9. The van der Waals surface area contributed by atoms with Crippen molar-refractivity contribution in [2.45, 2.75) is 11.1 Å². The van der Waals surface area contributed by atoms with E-state index in [1.54, 1.807) is 6.07 Å². The van der Waals surface area contributed by atoms with Crippen molar-refractivity contribution in [1.82, 2.24) is 10.3 Å². The van der Waals surface area contributed by atoms with E-state index in [2.05, 4.69) is 10.3 Å². The summed E-state index contributed by atoms with van der Waals surface area (Å²) in [5.74, 6) is -0.530. The molecule has 1 aliphatic rings. The minimum Gasteiger partial charge on any atom is -0.478 e. The Bertz CT molecular complexity index is 452. The van der Waals surface area contributed by atoms with Crippen LogP contribution in [-0.2, 0) is 4.74 Å². The third-order valence-corrected chi connectivity index (χ3v) is 3.29. The summed E-state index contributed by atoms with van der Waals surface area (Å²) >= 11 is 1.27. The number of cyclic esters (lactones) is 1. The van der Waals surface area contributed by atoms with Gasteiger partial charge in [0, 0.05) is 11.9 Å². The fourth-order valence-corrected chi connectivity index (χ4v) is 2.34. The zero-order valence-electron chi connectivity index (χ0n) is 8.75. The van der Waals surface area contributed by atoms with E-state index in [0.29, 0.717) is 17.3 Å². The number of nitrogens with zero attached hydrogens (tertiary/aromatic N) is 1. The van der Waals surface area contributed by atoms with Crippen molar-refractivity contribution in [1.29, 1.82) is 0 Å². The van der Waals surface area contributed by atoms with Gasteiger partial charge in [-0.2, -0.15) is 0 Å². The van der Waals surface area contributed by atoms with Crippen LogP contribution in [-0.4, -0.2) is 40.6 Å². The average Bonchev–Trinajstić information content (AvgIpc) is 2.73. The molecule has 1 unspecified atom stereocenters. The molecule has 2 N–H and O–H groups in total. The van der Waals surface area contributed by atoms with Gasteiger partial charge in [0.2, 0.25) is 0 Å². The molecule has 1 aromatic rings. The van der Waals surface area contributed by atoms with Crippen molar-refractivity contribution in [2.24, 2.45) is 0 Å². The first-order valence-corrected chi connectivity index (χ1v) is 5.91. The standard InChI is InChI=1S/C10H10N2O4S/c13-9(14)7-2-1-3-11-8(7)17-5-6-4-12-10(15)16-6/h1-3,6H,4-5H2,(H,12,15)(H,13,14). The largest absolute Gasteiger partial charge is 0.478 e. The summed E-state index contributed by atoms with van der Waals surface area (Å²) in [5.41, 5.74) is 0.162. The Morgan fingerprint density at radius 2 is 2.53 bits per heavy atom. The molecule has 17 heavy (non-hydrogen) atoms. The number of rotatable bonds is 4. The van der Waals surface area contributed by atoms with Crippen LogP contribution < -0.4 is 5.32 Å². The van der Waals surface area contributed by atoms with Gasteiger partial charge in [-0.05, 0) is 12.1 Å². The molecule has 1 aromatic heterocycles. The van der Waals surface area contributed by atoms with E-state index in [1.165, 1.54) is 24.0 Å². The highest BCUT2D eigenvalue weighted by molar-refractivity contribution is 7.99. The SMILES string of the molecule is O=C1NCC(CSc2ncccc2C(=O)O)O1. The molecule has 1 saturated heterocycles. The summed E-state index contributed by atoms with van der Waals surface area (Å²) in [7, 11) is 0. The van der Waals surface area contributed by atoms with Crippen LogP contribution in [0.1, 0.15) is 10.4 Å². The second-order valence-electron chi connectivity index (χ2n) is 3.38. The summed E-state index contributed by atoms with van der Waals surface area (Å²) in [4.78, 5) is 25.7. The van der Waals surface area contributed by atoms with Gasteiger partial charge in [-0.25, -0.2) is 14.6 Å². The quantitative estimate of drug-likeness (QED) is 0.779. The van der Waals surface area contributed by atoms with E-state index in [0.717, 1.165) is 0 Å². The minimum atomic E-state index is -1.01. The van der Waals surface area contributed by atoms with Crippen LogP contribution in [0.5, 0.6) is 0 Å². The summed E-state index contributed by atoms with van der Waals surface area (Å²) in [5, 5.41) is 11.9. The molecular formula is C10H10N2O4S. The first-order chi connectivity index (χ1) is 8.16. The van der Waals surface area contributed by atoms with Gasteiger partial charge in [0.15, 0.2) is 0 Å². The normalized spacial score (nSPS) is 18.6. The summed E-state index contributed by atoms with van der Waals surface area (Å²) < 4.78 is 4.94. The van der Waals surface area contributed by atoms with Crippen molar-refractivity contribution in [3.05, 3.63) is 23.9 Å². The third-order valence-electron chi connectivity index (χ3n) is 2.16. The van der Waals surface area contributed by atoms with E-state index in [4.69, 9.17) is 9.84 Å². The maximum absolute atomic E-state index is 10.9. The molecular weight excluding hydrogens is 244 g/mol. The molecule has 1 fully saturated rings. The topological polar surface area (TPSA) is 88.5 Å². The highest BCUT2D eigenvalue weighted by atomic mass is 32.2. The predicted octanol–water partition coefficient (Wildman–Crippen LogP) is 0.980. The van der Waals surface area contributed by atoms with Crippen molar-refractivity contribution in [2.75, 3.05) is 12.3 Å². The number of thioether (sulfide) groups is 1. The van der Waals surface area contributed by atoms with Crippen LogP contribution in [0.2, 0.25) is 0 Å².